The first-order valence-electron chi connectivity index (χ1n) is 15.1. The molecular weight excluding hydrogens is 564 g/mol. The van der Waals surface area contributed by atoms with Crippen LogP contribution in [0.25, 0.3) is 0 Å². The molecule has 1 aromatic heterocycles. The zero-order chi connectivity index (χ0) is 31.2. The molecule has 2 aliphatic rings. The molecular formula is C33H40N4O7. The van der Waals surface area contributed by atoms with Gasteiger partial charge in [-0.05, 0) is 54.3 Å². The number of aliphatic carboxylic acids is 1. The molecule has 234 valence electrons. The van der Waals surface area contributed by atoms with Crippen LogP contribution in [0.15, 0.2) is 65.6 Å². The summed E-state index contributed by atoms with van der Waals surface area (Å²) in [6, 6.07) is 15.5. The number of carboxylic acid groups (broad SMARTS) is 1. The largest absolute Gasteiger partial charge is 0.481 e. The van der Waals surface area contributed by atoms with Crippen LogP contribution in [-0.2, 0) is 29.3 Å². The van der Waals surface area contributed by atoms with Gasteiger partial charge in [0.1, 0.15) is 0 Å². The maximum Gasteiger partial charge on any atom is 0.308 e. The number of hydrogen-bond acceptors (Lipinski definition) is 8. The van der Waals surface area contributed by atoms with Gasteiger partial charge in [0, 0.05) is 61.7 Å². The molecule has 0 aliphatic carbocycles. The van der Waals surface area contributed by atoms with E-state index in [2.05, 4.69) is 6.92 Å². The summed E-state index contributed by atoms with van der Waals surface area (Å²) in [5.74, 6) is -1.58. The molecule has 0 saturated carbocycles. The number of amides is 1. The highest BCUT2D eigenvalue weighted by atomic mass is 16.7. The first-order valence-corrected chi connectivity index (χ1v) is 15.1. The van der Waals surface area contributed by atoms with Crippen molar-refractivity contribution in [2.45, 2.75) is 57.8 Å². The maximum atomic E-state index is 14.0. The summed E-state index contributed by atoms with van der Waals surface area (Å²) in [5.41, 5.74) is 8.59. The van der Waals surface area contributed by atoms with Crippen LogP contribution in [0.2, 0.25) is 0 Å². The molecule has 5 rings (SSSR count). The van der Waals surface area contributed by atoms with Crippen molar-refractivity contribution in [3.05, 3.63) is 87.8 Å². The van der Waals surface area contributed by atoms with Crippen LogP contribution in [0.1, 0.15) is 48.8 Å². The molecule has 44 heavy (non-hydrogen) atoms. The normalized spacial score (nSPS) is 19.3. The molecule has 3 atom stereocenters. The fraction of sp³-hybridized carbons (Fsp3) is 0.424. The third-order valence-corrected chi connectivity index (χ3v) is 8.60. The Bertz CT molecular complexity index is 1540. The molecule has 11 nitrogen and oxygen atoms in total. The monoisotopic (exact) mass is 604 g/mol. The Morgan fingerprint density at radius 1 is 1.11 bits per heavy atom. The van der Waals surface area contributed by atoms with Crippen LogP contribution in [0.5, 0.6) is 11.5 Å². The molecule has 0 bridgehead atoms. The molecule has 1 fully saturated rings. The first-order chi connectivity index (χ1) is 21.3. The van der Waals surface area contributed by atoms with E-state index in [1.807, 2.05) is 29.2 Å². The minimum absolute atomic E-state index is 0.00259. The highest BCUT2D eigenvalue weighted by Crippen LogP contribution is 2.44. The fourth-order valence-electron chi connectivity index (χ4n) is 6.37. The van der Waals surface area contributed by atoms with Crippen LogP contribution in [-0.4, -0.2) is 64.0 Å². The Balaban J connectivity index is 1.49. The van der Waals surface area contributed by atoms with Crippen molar-refractivity contribution < 1.29 is 29.3 Å². The first kappa shape index (κ1) is 31.2. The number of benzene rings is 2. The van der Waals surface area contributed by atoms with Gasteiger partial charge in [-0.2, -0.15) is 0 Å². The van der Waals surface area contributed by atoms with Gasteiger partial charge in [-0.1, -0.05) is 31.5 Å². The van der Waals surface area contributed by atoms with Crippen LogP contribution >= 0.6 is 0 Å². The van der Waals surface area contributed by atoms with Gasteiger partial charge in [-0.25, -0.2) is 0 Å². The predicted octanol–water partition coefficient (Wildman–Crippen LogP) is 2.92. The summed E-state index contributed by atoms with van der Waals surface area (Å²) in [6.45, 7) is 3.27. The number of rotatable bonds is 13. The number of carbonyl (C=O) groups is 2. The van der Waals surface area contributed by atoms with Crippen LogP contribution in [0.3, 0.4) is 0 Å². The molecule has 0 spiro atoms. The summed E-state index contributed by atoms with van der Waals surface area (Å²) in [5, 5.41) is 20.6. The second kappa shape index (κ2) is 14.1. The third-order valence-electron chi connectivity index (χ3n) is 8.60. The summed E-state index contributed by atoms with van der Waals surface area (Å²) in [6.07, 6.45) is 3.74. The van der Waals surface area contributed by atoms with E-state index < -0.39 is 23.8 Å². The number of anilines is 1. The van der Waals surface area contributed by atoms with E-state index >= 15 is 0 Å². The average molecular weight is 605 g/mol. The quantitative estimate of drug-likeness (QED) is 0.268. The Hall–Kier alpha value is -4.19. The SMILES string of the molecule is CCCCN(C(=O)CN1C[C@H](c2cc(CO)c3c(c2)OCO3)[C@@H](C(=O)O)[C@@H]1CCn1ccccc1=O)c1cccc(CN)c1. The lowest BCUT2D eigenvalue weighted by molar-refractivity contribution is -0.143. The molecule has 4 N–H and O–H groups in total. The molecule has 2 aliphatic heterocycles. The maximum absolute atomic E-state index is 14.0. The van der Waals surface area contributed by atoms with Crippen molar-refractivity contribution >= 4 is 17.6 Å². The van der Waals surface area contributed by atoms with Gasteiger partial charge in [0.2, 0.25) is 18.3 Å². The number of carboxylic acids is 1. The van der Waals surface area contributed by atoms with Gasteiger partial charge in [-0.15, -0.1) is 0 Å². The number of fused-ring (bicyclic) bond motifs is 1. The number of aryl methyl sites for hydroxylation is 1. The standard InChI is InChI=1S/C33H40N4O7/c1-2-3-12-37(25-8-6-7-22(14-25)17-34)30(40)19-36-18-26(23-15-24(20-38)32-28(16-23)43-21-44-32)31(33(41)42)27(36)10-13-35-11-5-4-9-29(35)39/h4-9,11,14-16,26-27,31,38H,2-3,10,12-13,17-21,34H2,1H3,(H,41,42)/t26-,27+,31-/m1/s1. The fourth-order valence-corrected chi connectivity index (χ4v) is 6.37. The lowest BCUT2D eigenvalue weighted by atomic mass is 9.83. The number of carbonyl (C=O) groups excluding carboxylic acids is 1. The minimum atomic E-state index is -0.989. The van der Waals surface area contributed by atoms with Crippen LogP contribution in [0.4, 0.5) is 5.69 Å². The topological polar surface area (TPSA) is 148 Å². The summed E-state index contributed by atoms with van der Waals surface area (Å²) in [4.78, 5) is 43.2. The molecule has 0 radical (unpaired) electrons. The number of pyridine rings is 1. The Morgan fingerprint density at radius 2 is 1.95 bits per heavy atom. The molecule has 1 saturated heterocycles. The summed E-state index contributed by atoms with van der Waals surface area (Å²) < 4.78 is 12.7. The second-order valence-electron chi connectivity index (χ2n) is 11.3. The molecule has 11 heteroatoms. The molecule has 1 amide bonds. The van der Waals surface area contributed by atoms with E-state index in [1.165, 1.54) is 6.07 Å². The number of nitrogens with zero attached hydrogens (tertiary/aromatic N) is 3. The van der Waals surface area contributed by atoms with E-state index in [4.69, 9.17) is 15.2 Å². The van der Waals surface area contributed by atoms with Crippen molar-refractivity contribution in [2.75, 3.05) is 31.3 Å². The average Bonchev–Trinajstić information content (AvgIpc) is 3.65. The lowest BCUT2D eigenvalue weighted by Crippen LogP contribution is -2.45. The van der Waals surface area contributed by atoms with Crippen molar-refractivity contribution in [1.82, 2.24) is 9.47 Å². The number of nitrogens with two attached hydrogens (primary N) is 1. The number of unbranched alkanes of at least 4 members (excludes halogenated alkanes) is 1. The van der Waals surface area contributed by atoms with E-state index in [9.17, 15) is 24.6 Å². The zero-order valence-electron chi connectivity index (χ0n) is 24.9. The van der Waals surface area contributed by atoms with Crippen molar-refractivity contribution in [3.63, 3.8) is 0 Å². The van der Waals surface area contributed by atoms with Crippen molar-refractivity contribution in [3.8, 4) is 11.5 Å². The van der Waals surface area contributed by atoms with Gasteiger partial charge < -0.3 is 34.9 Å². The van der Waals surface area contributed by atoms with Gasteiger partial charge in [-0.3, -0.25) is 19.3 Å². The second-order valence-corrected chi connectivity index (χ2v) is 11.3. The minimum Gasteiger partial charge on any atom is -0.481 e. The van der Waals surface area contributed by atoms with E-state index in [0.29, 0.717) is 55.2 Å². The Morgan fingerprint density at radius 3 is 2.68 bits per heavy atom. The smallest absolute Gasteiger partial charge is 0.308 e. The highest BCUT2D eigenvalue weighted by molar-refractivity contribution is 5.95. The lowest BCUT2D eigenvalue weighted by Gasteiger charge is -2.30. The van der Waals surface area contributed by atoms with Crippen molar-refractivity contribution in [1.29, 1.82) is 0 Å². The van der Waals surface area contributed by atoms with Crippen molar-refractivity contribution in [2.24, 2.45) is 11.7 Å². The number of hydrogen-bond donors (Lipinski definition) is 3. The Labute approximate surface area is 256 Å². The predicted molar refractivity (Wildman–Crippen MR) is 165 cm³/mol. The van der Waals surface area contributed by atoms with E-state index in [1.54, 1.807) is 39.9 Å². The van der Waals surface area contributed by atoms with Crippen LogP contribution in [0, 0.1) is 5.92 Å². The summed E-state index contributed by atoms with van der Waals surface area (Å²) in [7, 11) is 0. The molecule has 0 unspecified atom stereocenters. The number of likely N-dealkylation sites (tertiary alicyclic amines) is 1. The highest BCUT2D eigenvalue weighted by Gasteiger charge is 2.47. The number of aliphatic hydroxyl groups is 1. The van der Waals surface area contributed by atoms with E-state index in [-0.39, 0.29) is 31.4 Å². The van der Waals surface area contributed by atoms with Gasteiger partial charge in [0.05, 0.1) is 19.1 Å². The van der Waals surface area contributed by atoms with Gasteiger partial charge in [0.15, 0.2) is 11.5 Å². The van der Waals surface area contributed by atoms with Gasteiger partial charge >= 0.3 is 5.97 Å². The van der Waals surface area contributed by atoms with Gasteiger partial charge in [0.25, 0.3) is 0 Å². The van der Waals surface area contributed by atoms with Crippen LogP contribution < -0.4 is 25.7 Å². The molecule has 3 aromatic rings. The van der Waals surface area contributed by atoms with E-state index in [0.717, 1.165) is 24.1 Å². The third kappa shape index (κ3) is 6.64. The number of aliphatic hydroxyl groups excluding tert-OH is 1. The Kier molecular flexibility index (Phi) is 9.99. The molecule has 2 aromatic carbocycles. The number of aromatic nitrogens is 1. The molecule has 3 heterocycles. The summed E-state index contributed by atoms with van der Waals surface area (Å²) >= 11 is 0. The number of ether oxygens (including phenoxy) is 2. The zero-order valence-corrected chi connectivity index (χ0v) is 24.9.